The minimum Gasteiger partial charge on any atom is -0.451 e. The van der Waals surface area contributed by atoms with Gasteiger partial charge < -0.3 is 34.9 Å². The molecule has 1 aromatic heterocycles. The largest absolute Gasteiger partial charge is 0.451 e. The molecule has 0 radical (unpaired) electrons. The summed E-state index contributed by atoms with van der Waals surface area (Å²) < 4.78 is 38.1. The van der Waals surface area contributed by atoms with Crippen molar-refractivity contribution in [2.24, 2.45) is 0 Å². The highest BCUT2D eigenvalue weighted by Gasteiger charge is 2.39. The van der Waals surface area contributed by atoms with Crippen LogP contribution in [0.4, 0.5) is 0 Å². The number of ether oxygens (including phenoxy) is 1. The van der Waals surface area contributed by atoms with Gasteiger partial charge in [-0.05, 0) is 56.9 Å². The average Bonchev–Trinajstić information content (AvgIpc) is 3.70. The predicted octanol–water partition coefficient (Wildman–Crippen LogP) is 1.12. The number of benzene rings is 1. The summed E-state index contributed by atoms with van der Waals surface area (Å²) in [5, 5.41) is 8.73. The number of carbonyl (C=O) groups is 5. The van der Waals surface area contributed by atoms with Crippen molar-refractivity contribution in [1.29, 1.82) is 0 Å². The van der Waals surface area contributed by atoms with E-state index in [-0.39, 0.29) is 30.6 Å². The zero-order chi connectivity index (χ0) is 35.6. The number of halogens is 1. The topological polar surface area (TPSA) is 196 Å². The lowest BCUT2D eigenvalue weighted by molar-refractivity contribution is -0.148. The van der Waals surface area contributed by atoms with Crippen molar-refractivity contribution >= 4 is 66.5 Å². The maximum Gasteiger partial charge on any atom is 0.287 e. The molecule has 0 bridgehead atoms. The Bertz CT molecular complexity index is 1580. The lowest BCUT2D eigenvalue weighted by Gasteiger charge is -2.33. The Kier molecular flexibility index (Phi) is 14.4. The fourth-order valence-corrected chi connectivity index (χ4v) is 6.57. The molecular formula is C31H45BrN6O9S. The van der Waals surface area contributed by atoms with Gasteiger partial charge in [0.15, 0.2) is 5.76 Å². The van der Waals surface area contributed by atoms with Crippen molar-refractivity contribution in [3.63, 3.8) is 0 Å². The second-order valence-corrected chi connectivity index (χ2v) is 14.5. The third kappa shape index (κ3) is 10.7. The van der Waals surface area contributed by atoms with Gasteiger partial charge in [0.1, 0.15) is 29.8 Å². The van der Waals surface area contributed by atoms with Gasteiger partial charge in [-0.25, -0.2) is 13.1 Å². The Hall–Kier alpha value is -3.54. The van der Waals surface area contributed by atoms with Crippen molar-refractivity contribution in [1.82, 2.24) is 30.5 Å². The van der Waals surface area contributed by atoms with Crippen LogP contribution in [0, 0.1) is 0 Å². The normalized spacial score (nSPS) is 16.6. The van der Waals surface area contributed by atoms with Crippen molar-refractivity contribution < 1.29 is 41.5 Å². The van der Waals surface area contributed by atoms with E-state index in [4.69, 9.17) is 9.15 Å². The molecule has 0 unspecified atom stereocenters. The van der Waals surface area contributed by atoms with Crippen LogP contribution in [-0.2, 0) is 33.9 Å². The van der Waals surface area contributed by atoms with Gasteiger partial charge >= 0.3 is 0 Å². The molecule has 0 spiro atoms. The number of nitrogens with zero attached hydrogens (tertiary/aromatic N) is 2. The number of hydrogen-bond donors (Lipinski definition) is 4. The van der Waals surface area contributed by atoms with Crippen LogP contribution in [0.2, 0.25) is 0 Å². The van der Waals surface area contributed by atoms with E-state index in [1.807, 2.05) is 12.1 Å². The number of likely N-dealkylation sites (N-methyl/N-ethyl adjacent to an activating group) is 2. The van der Waals surface area contributed by atoms with Crippen molar-refractivity contribution in [3.05, 3.63) is 34.5 Å². The zero-order valence-corrected chi connectivity index (χ0v) is 30.2. The van der Waals surface area contributed by atoms with E-state index in [2.05, 4.69) is 36.6 Å². The highest BCUT2D eigenvalue weighted by atomic mass is 79.9. The second kappa shape index (κ2) is 17.7. The fraction of sp³-hybridized carbons (Fsp3) is 0.581. The van der Waals surface area contributed by atoms with Gasteiger partial charge in [0.25, 0.3) is 5.91 Å². The predicted molar refractivity (Wildman–Crippen MR) is 181 cm³/mol. The molecule has 2 heterocycles. The lowest BCUT2D eigenvalue weighted by atomic mass is 10.1. The molecular weight excluding hydrogens is 712 g/mol. The van der Waals surface area contributed by atoms with Crippen molar-refractivity contribution in [3.8, 4) is 0 Å². The Balaban J connectivity index is 1.54. The molecule has 266 valence electrons. The van der Waals surface area contributed by atoms with E-state index in [1.165, 1.54) is 37.9 Å². The second-order valence-electron chi connectivity index (χ2n) is 11.8. The van der Waals surface area contributed by atoms with Crippen LogP contribution in [0.1, 0.15) is 56.0 Å². The molecule has 1 aliphatic heterocycles. The molecule has 5 amide bonds. The van der Waals surface area contributed by atoms with Gasteiger partial charge in [-0.2, -0.15) is 0 Å². The minimum absolute atomic E-state index is 0.125. The summed E-state index contributed by atoms with van der Waals surface area (Å²) in [6.07, 6.45) is 3.79. The number of methoxy groups -OCH3 is 1. The molecule has 2 aromatic rings. The smallest absolute Gasteiger partial charge is 0.287 e. The van der Waals surface area contributed by atoms with E-state index in [0.29, 0.717) is 50.8 Å². The standard InChI is InChI=1S/C31H45BrN6O9S/c1-19(30(42)38-15-9-11-24(38)28(40)33-2)37(3)31(43)23(18-46-4)35-27(39)22(36-48(5,44)45)10-7-6-8-14-34-29(41)26-16-20-12-13-21(32)17-25(20)47-26/h12-13,16-17,19,22-24,36H,6-11,14-15,18H2,1-5H3,(H,33,40)(H,34,41)(H,35,39)/t19-,22-,23-,24-/m0/s1. The van der Waals surface area contributed by atoms with E-state index in [9.17, 15) is 32.4 Å². The van der Waals surface area contributed by atoms with E-state index < -0.39 is 51.9 Å². The molecule has 0 aliphatic carbocycles. The van der Waals surface area contributed by atoms with Gasteiger partial charge in [0, 0.05) is 44.2 Å². The average molecular weight is 758 g/mol. The summed E-state index contributed by atoms with van der Waals surface area (Å²) in [6, 6.07) is 3.16. The number of nitrogens with one attached hydrogen (secondary N) is 4. The summed E-state index contributed by atoms with van der Waals surface area (Å²) in [4.78, 5) is 67.4. The van der Waals surface area contributed by atoms with Crippen LogP contribution < -0.4 is 20.7 Å². The Morgan fingerprint density at radius 3 is 2.52 bits per heavy atom. The first-order valence-corrected chi connectivity index (χ1v) is 18.4. The molecule has 1 aliphatic rings. The van der Waals surface area contributed by atoms with E-state index >= 15 is 0 Å². The summed E-state index contributed by atoms with van der Waals surface area (Å²) in [6.45, 7) is 2.03. The fourth-order valence-electron chi connectivity index (χ4n) is 5.48. The number of likely N-dealkylation sites (tertiary alicyclic amines) is 1. The molecule has 4 N–H and O–H groups in total. The SMILES string of the molecule is CNC(=O)[C@@H]1CCCN1C(=O)[C@H](C)N(C)C(=O)[C@H](COC)NC(=O)[C@H](CCCCCNC(=O)c1cc2ccc(Br)cc2o1)NS(C)(=O)=O. The minimum atomic E-state index is -3.80. The summed E-state index contributed by atoms with van der Waals surface area (Å²) in [7, 11) is 0.465. The maximum atomic E-state index is 13.5. The van der Waals surface area contributed by atoms with Gasteiger partial charge in [-0.15, -0.1) is 0 Å². The van der Waals surface area contributed by atoms with Crippen LogP contribution in [0.3, 0.4) is 0 Å². The van der Waals surface area contributed by atoms with Gasteiger partial charge in [-0.3, -0.25) is 24.0 Å². The van der Waals surface area contributed by atoms with Crippen LogP contribution in [0.25, 0.3) is 11.0 Å². The van der Waals surface area contributed by atoms with Gasteiger partial charge in [-0.1, -0.05) is 28.8 Å². The van der Waals surface area contributed by atoms with Crippen molar-refractivity contribution in [2.45, 2.75) is 69.6 Å². The highest BCUT2D eigenvalue weighted by Crippen LogP contribution is 2.23. The Labute approximate surface area is 289 Å². The molecule has 1 aromatic carbocycles. The number of sulfonamides is 1. The Morgan fingerprint density at radius 1 is 1.12 bits per heavy atom. The number of hydrogen-bond acceptors (Lipinski definition) is 9. The number of carbonyl (C=O) groups excluding carboxylic acids is 5. The van der Waals surface area contributed by atoms with Gasteiger partial charge in [0.05, 0.1) is 12.9 Å². The van der Waals surface area contributed by atoms with Crippen molar-refractivity contribution in [2.75, 3.05) is 47.2 Å². The molecule has 48 heavy (non-hydrogen) atoms. The first-order chi connectivity index (χ1) is 22.7. The first-order valence-electron chi connectivity index (χ1n) is 15.7. The van der Waals surface area contributed by atoms with Crippen LogP contribution in [-0.4, -0.2) is 119 Å². The third-order valence-electron chi connectivity index (χ3n) is 8.15. The van der Waals surface area contributed by atoms with Crippen LogP contribution >= 0.6 is 15.9 Å². The Morgan fingerprint density at radius 2 is 1.85 bits per heavy atom. The molecule has 17 heteroatoms. The van der Waals surface area contributed by atoms with Crippen LogP contribution in [0.15, 0.2) is 33.2 Å². The number of rotatable bonds is 17. The number of amides is 5. The molecule has 1 fully saturated rings. The quantitative estimate of drug-likeness (QED) is 0.171. The molecule has 4 atom stereocenters. The molecule has 15 nitrogen and oxygen atoms in total. The summed E-state index contributed by atoms with van der Waals surface area (Å²) in [5.41, 5.74) is 0.583. The van der Waals surface area contributed by atoms with E-state index in [1.54, 1.807) is 12.1 Å². The van der Waals surface area contributed by atoms with Crippen LogP contribution in [0.5, 0.6) is 0 Å². The first kappa shape index (κ1) is 38.9. The lowest BCUT2D eigenvalue weighted by Crippen LogP contribution is -2.58. The number of fused-ring (bicyclic) bond motifs is 1. The highest BCUT2D eigenvalue weighted by molar-refractivity contribution is 9.10. The summed E-state index contributed by atoms with van der Waals surface area (Å²) >= 11 is 3.37. The maximum absolute atomic E-state index is 13.5. The molecule has 3 rings (SSSR count). The molecule has 1 saturated heterocycles. The van der Waals surface area contributed by atoms with Gasteiger partial charge in [0.2, 0.25) is 33.7 Å². The van der Waals surface area contributed by atoms with E-state index in [0.717, 1.165) is 16.1 Å². The monoisotopic (exact) mass is 756 g/mol. The zero-order valence-electron chi connectivity index (χ0n) is 27.8. The third-order valence-corrected chi connectivity index (χ3v) is 9.36. The number of unbranched alkanes of at least 4 members (excludes halogenated alkanes) is 2. The molecule has 0 saturated carbocycles. The summed E-state index contributed by atoms with van der Waals surface area (Å²) in [5.74, 6) is -2.21. The number of furan rings is 1.